The largest absolute Gasteiger partial charge is 0.451 e. The summed E-state index contributed by atoms with van der Waals surface area (Å²) in [5.41, 5.74) is 4.44. The number of benzene rings is 1. The molecule has 3 heterocycles. The summed E-state index contributed by atoms with van der Waals surface area (Å²) in [7, 11) is 0. The number of hydrazine groups is 1. The minimum Gasteiger partial charge on any atom is -0.451 e. The van der Waals surface area contributed by atoms with E-state index in [1.54, 1.807) is 6.92 Å². The van der Waals surface area contributed by atoms with Gasteiger partial charge in [0.2, 0.25) is 5.91 Å². The molecule has 2 fully saturated rings. The fourth-order valence-corrected chi connectivity index (χ4v) is 6.89. The van der Waals surface area contributed by atoms with Crippen molar-refractivity contribution in [3.63, 3.8) is 0 Å². The van der Waals surface area contributed by atoms with Gasteiger partial charge in [-0.1, -0.05) is 64.5 Å². The summed E-state index contributed by atoms with van der Waals surface area (Å²) in [5, 5.41) is 8.19. The van der Waals surface area contributed by atoms with Gasteiger partial charge in [0.1, 0.15) is 12.1 Å². The number of pyridine rings is 1. The third-order valence-corrected chi connectivity index (χ3v) is 9.41. The van der Waals surface area contributed by atoms with Crippen molar-refractivity contribution in [1.82, 2.24) is 26.1 Å². The Morgan fingerprint density at radius 2 is 1.69 bits per heavy atom. The second-order valence-electron chi connectivity index (χ2n) is 14.2. The molecule has 3 aliphatic rings. The lowest BCUT2D eigenvalue weighted by molar-refractivity contribution is -0.169. The number of carbonyl (C=O) groups is 4. The monoisotopic (exact) mass is 617 g/mol. The van der Waals surface area contributed by atoms with Gasteiger partial charge in [0.15, 0.2) is 6.10 Å². The quantitative estimate of drug-likeness (QED) is 0.399. The van der Waals surface area contributed by atoms with Crippen molar-refractivity contribution >= 4 is 40.7 Å². The Kier molecular flexibility index (Phi) is 9.35. The zero-order valence-electron chi connectivity index (χ0n) is 27.3. The van der Waals surface area contributed by atoms with Crippen LogP contribution in [0, 0.1) is 16.7 Å². The molecule has 1 aromatic carbocycles. The lowest BCUT2D eigenvalue weighted by Gasteiger charge is -2.42. The maximum absolute atomic E-state index is 14.1. The molecule has 5 bridgehead atoms. The van der Waals surface area contributed by atoms with Crippen LogP contribution in [0.3, 0.4) is 0 Å². The highest BCUT2D eigenvalue weighted by molar-refractivity contribution is 5.92. The summed E-state index contributed by atoms with van der Waals surface area (Å²) >= 11 is 0. The molecule has 1 saturated heterocycles. The van der Waals surface area contributed by atoms with Gasteiger partial charge in [0.25, 0.3) is 11.8 Å². The molecule has 1 spiro atoms. The molecule has 3 N–H and O–H groups in total. The Bertz CT molecular complexity index is 1500. The number of fused-ring (bicyclic) bond motifs is 4. The van der Waals surface area contributed by atoms with Gasteiger partial charge < -0.3 is 15.4 Å². The molecular weight excluding hydrogens is 570 g/mol. The molecule has 3 amide bonds. The maximum atomic E-state index is 14.1. The SMILES string of the molecule is CC(C)[C@@H]1OC(=O)[C@@]2(/C=C/c3ccc4ccc(nc4c3)[C@@H](C)NC(=O)C3CCCN(N3)C(=O)[C@H](C)NC1=O)CCCC(C)(C)C2. The van der Waals surface area contributed by atoms with Crippen molar-refractivity contribution in [3.8, 4) is 0 Å². The average molecular weight is 618 g/mol. The Morgan fingerprint density at radius 1 is 0.956 bits per heavy atom. The van der Waals surface area contributed by atoms with E-state index in [4.69, 9.17) is 9.72 Å². The van der Waals surface area contributed by atoms with Crippen LogP contribution in [0.1, 0.15) is 97.4 Å². The third kappa shape index (κ3) is 7.21. The predicted octanol–water partition coefficient (Wildman–Crippen LogP) is 4.59. The molecule has 10 heteroatoms. The number of hydrogen-bond acceptors (Lipinski definition) is 7. The molecule has 10 nitrogen and oxygen atoms in total. The van der Waals surface area contributed by atoms with Gasteiger partial charge in [0.05, 0.1) is 22.7 Å². The van der Waals surface area contributed by atoms with E-state index >= 15 is 0 Å². The molecule has 5 atom stereocenters. The van der Waals surface area contributed by atoms with Crippen molar-refractivity contribution < 1.29 is 23.9 Å². The summed E-state index contributed by atoms with van der Waals surface area (Å²) in [6.07, 6.45) is 7.07. The van der Waals surface area contributed by atoms with E-state index in [0.717, 1.165) is 35.0 Å². The molecular formula is C35H47N5O5. The van der Waals surface area contributed by atoms with Crippen LogP contribution < -0.4 is 16.1 Å². The molecule has 2 aromatic rings. The highest BCUT2D eigenvalue weighted by Gasteiger charge is 2.46. The molecule has 1 saturated carbocycles. The zero-order chi connectivity index (χ0) is 32.5. The van der Waals surface area contributed by atoms with Crippen molar-refractivity contribution in [2.45, 2.75) is 104 Å². The van der Waals surface area contributed by atoms with Crippen molar-refractivity contribution in [2.75, 3.05) is 6.54 Å². The fraction of sp³-hybridized carbons (Fsp3) is 0.571. The number of aromatic nitrogens is 1. The molecule has 1 aliphatic carbocycles. The second-order valence-corrected chi connectivity index (χ2v) is 14.2. The molecule has 5 rings (SSSR count). The van der Waals surface area contributed by atoms with Crippen LogP contribution in [0.5, 0.6) is 0 Å². The standard InChI is InChI=1S/C35H47N5O5/c1-21(2)29-31(42)37-23(4)32(43)40-18-7-9-27(39-40)30(41)36-22(3)26-13-12-25-11-10-24(19-28(25)38-26)14-17-35(33(44)45-29)16-8-15-34(5,6)20-35/h10-14,17,19,21-23,27,29,39H,7-9,15-16,18,20H2,1-6H3,(H,36,41)(H,37,42)/b17-14+/t22-,23+,27?,29+,35-/m1/s1. The molecule has 1 unspecified atom stereocenters. The fourth-order valence-electron chi connectivity index (χ4n) is 6.89. The maximum Gasteiger partial charge on any atom is 0.316 e. The summed E-state index contributed by atoms with van der Waals surface area (Å²) in [4.78, 5) is 59.2. The van der Waals surface area contributed by atoms with Crippen LogP contribution in [0.2, 0.25) is 0 Å². The summed E-state index contributed by atoms with van der Waals surface area (Å²) in [5.74, 6) is -1.86. The first-order valence-corrected chi connectivity index (χ1v) is 16.3. The zero-order valence-corrected chi connectivity index (χ0v) is 27.3. The van der Waals surface area contributed by atoms with E-state index in [9.17, 15) is 19.2 Å². The number of esters is 1. The number of rotatable bonds is 1. The minimum atomic E-state index is -1.07. The highest BCUT2D eigenvalue weighted by atomic mass is 16.5. The number of amides is 3. The van der Waals surface area contributed by atoms with Crippen LogP contribution in [-0.4, -0.2) is 58.4 Å². The van der Waals surface area contributed by atoms with Gasteiger partial charge in [-0.05, 0) is 75.0 Å². The van der Waals surface area contributed by atoms with E-state index in [1.807, 2.05) is 63.3 Å². The molecule has 242 valence electrons. The van der Waals surface area contributed by atoms with Gasteiger partial charge in [-0.25, -0.2) is 5.43 Å². The van der Waals surface area contributed by atoms with E-state index < -0.39 is 35.5 Å². The number of hydrogen-bond donors (Lipinski definition) is 3. The lowest BCUT2D eigenvalue weighted by Crippen LogP contribution is -2.61. The van der Waals surface area contributed by atoms with E-state index in [0.29, 0.717) is 32.2 Å². The van der Waals surface area contributed by atoms with Crippen LogP contribution in [0.25, 0.3) is 17.0 Å². The van der Waals surface area contributed by atoms with Gasteiger partial charge in [-0.15, -0.1) is 0 Å². The summed E-state index contributed by atoms with van der Waals surface area (Å²) in [6.45, 7) is 11.9. The van der Waals surface area contributed by atoms with Crippen molar-refractivity contribution in [2.24, 2.45) is 16.7 Å². The van der Waals surface area contributed by atoms with E-state index in [2.05, 4.69) is 29.9 Å². The van der Waals surface area contributed by atoms with Gasteiger partial charge in [-0.2, -0.15) is 0 Å². The summed E-state index contributed by atoms with van der Waals surface area (Å²) < 4.78 is 6.07. The number of nitrogens with zero attached hydrogens (tertiary/aromatic N) is 2. The van der Waals surface area contributed by atoms with Crippen LogP contribution >= 0.6 is 0 Å². The van der Waals surface area contributed by atoms with Crippen molar-refractivity contribution in [1.29, 1.82) is 0 Å². The molecule has 0 radical (unpaired) electrons. The Morgan fingerprint density at radius 3 is 2.42 bits per heavy atom. The normalized spacial score (nSPS) is 30.6. The Balaban J connectivity index is 1.55. The first-order valence-electron chi connectivity index (χ1n) is 16.3. The smallest absolute Gasteiger partial charge is 0.316 e. The average Bonchev–Trinajstić information content (AvgIpc) is 3.00. The number of cyclic esters (lactones) is 1. The first kappa shape index (κ1) is 32.6. The number of nitrogens with one attached hydrogen (secondary N) is 3. The molecule has 1 aromatic heterocycles. The van der Waals surface area contributed by atoms with E-state index in [1.165, 1.54) is 5.01 Å². The van der Waals surface area contributed by atoms with E-state index in [-0.39, 0.29) is 29.2 Å². The van der Waals surface area contributed by atoms with Crippen LogP contribution in [0.15, 0.2) is 36.4 Å². The Labute approximate surface area is 265 Å². The van der Waals surface area contributed by atoms with Crippen LogP contribution in [-0.2, 0) is 23.9 Å². The predicted molar refractivity (Wildman–Crippen MR) is 172 cm³/mol. The third-order valence-electron chi connectivity index (χ3n) is 9.41. The first-order chi connectivity index (χ1) is 21.3. The highest BCUT2D eigenvalue weighted by Crippen LogP contribution is 2.48. The van der Waals surface area contributed by atoms with Gasteiger partial charge >= 0.3 is 5.97 Å². The van der Waals surface area contributed by atoms with Crippen molar-refractivity contribution in [3.05, 3.63) is 47.7 Å². The van der Waals surface area contributed by atoms with Gasteiger partial charge in [-0.3, -0.25) is 29.2 Å². The molecule has 2 aliphatic heterocycles. The topological polar surface area (TPSA) is 130 Å². The summed E-state index contributed by atoms with van der Waals surface area (Å²) in [6, 6.07) is 8.00. The number of carbonyl (C=O) groups excluding carboxylic acids is 4. The second kappa shape index (κ2) is 12.9. The lowest BCUT2D eigenvalue weighted by atomic mass is 9.63. The van der Waals surface area contributed by atoms with Gasteiger partial charge in [0, 0.05) is 11.9 Å². The minimum absolute atomic E-state index is 0.0931. The van der Waals surface area contributed by atoms with Crippen LogP contribution in [0.4, 0.5) is 0 Å². The number of ether oxygens (including phenoxy) is 1. The Hall–Kier alpha value is -3.79. The molecule has 45 heavy (non-hydrogen) atoms.